The largest absolute Gasteiger partial charge is 0.511 e. The standard InChI is InChI=1S/C35H29N3O9S/c36-33(45)27-23(39)12-20-26(32(27)44)31(43)25-19(28(20)40)11-14-9-10-22(29(41)24(14)30(25)42)37-34(48)38-35(46)47-13-21-17-7-3-1-5-15(17)16-6-2-4-8-18(16)21/h1-10,19-21,26,28,39-41,43H,11-13H2,(H2,36,45)(H2,37,38,46,48)/t19-,20+,26?,28+/m1/s1. The Balaban J connectivity index is 1.07. The zero-order valence-electron chi connectivity index (χ0n) is 25.1. The first-order valence-corrected chi connectivity index (χ1v) is 15.6. The van der Waals surface area contributed by atoms with E-state index in [1.165, 1.54) is 12.1 Å². The molecule has 0 heterocycles. The van der Waals surface area contributed by atoms with Gasteiger partial charge in [0.2, 0.25) is 0 Å². The van der Waals surface area contributed by atoms with Crippen molar-refractivity contribution in [2.75, 3.05) is 11.9 Å². The van der Waals surface area contributed by atoms with Gasteiger partial charge in [-0.05, 0) is 52.5 Å². The summed E-state index contributed by atoms with van der Waals surface area (Å²) in [6.07, 6.45) is -2.46. The lowest BCUT2D eigenvalue weighted by Gasteiger charge is -2.44. The number of fused-ring (bicyclic) bond motifs is 6. The Morgan fingerprint density at radius 1 is 0.938 bits per heavy atom. The lowest BCUT2D eigenvalue weighted by molar-refractivity contribution is -0.128. The number of aliphatic hydroxyl groups is 3. The van der Waals surface area contributed by atoms with Crippen LogP contribution in [0.5, 0.6) is 5.75 Å². The Bertz CT molecular complexity index is 1990. The maximum Gasteiger partial charge on any atom is 0.413 e. The number of rotatable bonds is 4. The zero-order valence-corrected chi connectivity index (χ0v) is 25.9. The predicted molar refractivity (Wildman–Crippen MR) is 175 cm³/mol. The Labute approximate surface area is 278 Å². The van der Waals surface area contributed by atoms with Crippen LogP contribution in [0.2, 0.25) is 0 Å². The summed E-state index contributed by atoms with van der Waals surface area (Å²) in [5.41, 5.74) is 8.67. The molecule has 1 unspecified atom stereocenters. The zero-order chi connectivity index (χ0) is 34.0. The van der Waals surface area contributed by atoms with Gasteiger partial charge in [-0.25, -0.2) is 4.79 Å². The number of benzene rings is 3. The number of thiocarbonyl (C=S) groups is 1. The highest BCUT2D eigenvalue weighted by Crippen LogP contribution is 2.50. The molecule has 8 N–H and O–H groups in total. The van der Waals surface area contributed by atoms with E-state index in [0.717, 1.165) is 22.3 Å². The lowest BCUT2D eigenvalue weighted by atomic mass is 9.61. The van der Waals surface area contributed by atoms with Gasteiger partial charge >= 0.3 is 6.09 Å². The molecule has 0 saturated heterocycles. The van der Waals surface area contributed by atoms with E-state index in [1.807, 2.05) is 48.5 Å². The number of carbonyl (C=O) groups is 4. The van der Waals surface area contributed by atoms with Gasteiger partial charge in [-0.1, -0.05) is 54.6 Å². The van der Waals surface area contributed by atoms with Gasteiger partial charge in [0, 0.05) is 29.7 Å². The van der Waals surface area contributed by atoms with Gasteiger partial charge in [-0.2, -0.15) is 0 Å². The van der Waals surface area contributed by atoms with Crippen molar-refractivity contribution >= 4 is 46.6 Å². The molecule has 3 aromatic carbocycles. The van der Waals surface area contributed by atoms with Gasteiger partial charge in [0.05, 0.1) is 23.3 Å². The maximum absolute atomic E-state index is 13.8. The molecule has 0 radical (unpaired) electrons. The average Bonchev–Trinajstić information content (AvgIpc) is 3.36. The molecule has 7 rings (SSSR count). The molecule has 0 fully saturated rings. The molecule has 4 aliphatic rings. The monoisotopic (exact) mass is 667 g/mol. The van der Waals surface area contributed by atoms with E-state index in [2.05, 4.69) is 10.6 Å². The van der Waals surface area contributed by atoms with Crippen LogP contribution in [0.25, 0.3) is 11.1 Å². The van der Waals surface area contributed by atoms with Gasteiger partial charge in [-0.15, -0.1) is 0 Å². The van der Waals surface area contributed by atoms with Crippen LogP contribution in [0.15, 0.2) is 83.3 Å². The van der Waals surface area contributed by atoms with Crippen LogP contribution in [-0.4, -0.2) is 61.8 Å². The van der Waals surface area contributed by atoms with Crippen LogP contribution in [0.3, 0.4) is 0 Å². The van der Waals surface area contributed by atoms with E-state index in [4.69, 9.17) is 22.7 Å². The summed E-state index contributed by atoms with van der Waals surface area (Å²) in [6.45, 7) is 0.0490. The maximum atomic E-state index is 13.8. The minimum Gasteiger partial charge on any atom is -0.511 e. The molecule has 48 heavy (non-hydrogen) atoms. The second kappa shape index (κ2) is 11.6. The number of carbonyl (C=O) groups excluding carboxylic acids is 4. The van der Waals surface area contributed by atoms with Crippen molar-refractivity contribution in [1.82, 2.24) is 5.32 Å². The number of ketones is 2. The number of primary amides is 1. The average molecular weight is 668 g/mol. The summed E-state index contributed by atoms with van der Waals surface area (Å²) in [5, 5.41) is 48.8. The SMILES string of the molecule is NC(=O)C1=C(O)C[C@H]2C(C1=O)C(O)=C1C(=O)c3c(ccc(NC(=S)NC(=O)OCC4c5ccccc5-c5ccccc54)c3O)C[C@H]1[C@@H]2O. The van der Waals surface area contributed by atoms with Crippen LogP contribution < -0.4 is 16.4 Å². The molecule has 0 saturated carbocycles. The molecule has 3 aromatic rings. The molecule has 244 valence electrons. The third-order valence-corrected chi connectivity index (χ3v) is 9.90. The van der Waals surface area contributed by atoms with Crippen LogP contribution in [0.4, 0.5) is 10.5 Å². The number of ether oxygens (including phenoxy) is 1. The number of amides is 2. The Morgan fingerprint density at radius 3 is 2.23 bits per heavy atom. The fraction of sp³-hybridized carbons (Fsp3) is 0.229. The van der Waals surface area contributed by atoms with Gasteiger partial charge in [0.15, 0.2) is 22.4 Å². The second-order valence-corrected chi connectivity index (χ2v) is 12.6. The van der Waals surface area contributed by atoms with Crippen LogP contribution in [0.1, 0.15) is 39.4 Å². The van der Waals surface area contributed by atoms with Crippen molar-refractivity contribution in [2.45, 2.75) is 24.9 Å². The van der Waals surface area contributed by atoms with E-state index in [-0.39, 0.29) is 47.3 Å². The summed E-state index contributed by atoms with van der Waals surface area (Å²) in [6, 6.07) is 18.8. The summed E-state index contributed by atoms with van der Waals surface area (Å²) >= 11 is 5.27. The Hall–Kier alpha value is -5.53. The number of hydrogen-bond acceptors (Lipinski definition) is 10. The summed E-state index contributed by atoms with van der Waals surface area (Å²) in [4.78, 5) is 51.5. The number of phenolic OH excluding ortho intramolecular Hbond substituents is 1. The predicted octanol–water partition coefficient (Wildman–Crippen LogP) is 3.67. The van der Waals surface area contributed by atoms with Crippen molar-refractivity contribution in [3.05, 3.63) is 106 Å². The van der Waals surface area contributed by atoms with Crippen molar-refractivity contribution in [3.8, 4) is 16.9 Å². The number of nitrogens with one attached hydrogen (secondary N) is 2. The number of allylic oxidation sites excluding steroid dienone is 2. The molecule has 4 atom stereocenters. The number of alkyl carbamates (subject to hydrolysis) is 1. The quantitative estimate of drug-likeness (QED) is 0.121. The highest BCUT2D eigenvalue weighted by atomic mass is 32.1. The van der Waals surface area contributed by atoms with E-state index in [0.29, 0.717) is 5.56 Å². The van der Waals surface area contributed by atoms with Gasteiger partial charge < -0.3 is 36.2 Å². The van der Waals surface area contributed by atoms with E-state index >= 15 is 0 Å². The van der Waals surface area contributed by atoms with Gasteiger partial charge in [0.25, 0.3) is 5.91 Å². The third-order valence-electron chi connectivity index (χ3n) is 9.70. The topological polar surface area (TPSA) is 209 Å². The highest BCUT2D eigenvalue weighted by molar-refractivity contribution is 7.80. The molecule has 13 heteroatoms. The molecule has 12 nitrogen and oxygen atoms in total. The number of phenols is 1. The third kappa shape index (κ3) is 4.81. The molecule has 4 aliphatic carbocycles. The number of hydrogen-bond donors (Lipinski definition) is 7. The fourth-order valence-electron chi connectivity index (χ4n) is 7.59. The van der Waals surface area contributed by atoms with E-state index < -0.39 is 70.3 Å². The number of anilines is 1. The first kappa shape index (κ1) is 31.1. The fourth-order valence-corrected chi connectivity index (χ4v) is 7.78. The van der Waals surface area contributed by atoms with E-state index in [1.54, 1.807) is 0 Å². The number of aliphatic hydroxyl groups excluding tert-OH is 3. The van der Waals surface area contributed by atoms with Crippen molar-refractivity contribution in [2.24, 2.45) is 23.5 Å². The van der Waals surface area contributed by atoms with Gasteiger partial charge in [0.1, 0.15) is 23.7 Å². The normalized spacial score (nSPS) is 22.6. The molecular weight excluding hydrogens is 638 g/mol. The molecule has 2 amide bonds. The van der Waals surface area contributed by atoms with Crippen molar-refractivity contribution in [3.63, 3.8) is 0 Å². The van der Waals surface area contributed by atoms with Crippen molar-refractivity contribution < 1.29 is 44.3 Å². The second-order valence-electron chi connectivity index (χ2n) is 12.2. The molecule has 0 aromatic heterocycles. The number of nitrogens with two attached hydrogens (primary N) is 1. The first-order valence-electron chi connectivity index (χ1n) is 15.2. The molecule has 0 spiro atoms. The lowest BCUT2D eigenvalue weighted by Crippen LogP contribution is -2.50. The molecule has 0 bridgehead atoms. The van der Waals surface area contributed by atoms with Crippen LogP contribution in [-0.2, 0) is 20.7 Å². The smallest absolute Gasteiger partial charge is 0.413 e. The minimum absolute atomic E-state index is 0.0164. The van der Waals surface area contributed by atoms with Gasteiger partial charge in [-0.3, -0.25) is 19.7 Å². The molecule has 0 aliphatic heterocycles. The highest BCUT2D eigenvalue weighted by Gasteiger charge is 2.54. The minimum atomic E-state index is -1.48. The Kier molecular flexibility index (Phi) is 7.52. The van der Waals surface area contributed by atoms with Crippen LogP contribution in [0, 0.1) is 17.8 Å². The van der Waals surface area contributed by atoms with Crippen LogP contribution >= 0.6 is 12.2 Å². The summed E-state index contributed by atoms with van der Waals surface area (Å²) in [7, 11) is 0. The Morgan fingerprint density at radius 2 is 1.58 bits per heavy atom. The molecular formula is C35H29N3O9S. The van der Waals surface area contributed by atoms with Crippen molar-refractivity contribution in [1.29, 1.82) is 0 Å². The summed E-state index contributed by atoms with van der Waals surface area (Å²) in [5.74, 6) is -8.38. The van der Waals surface area contributed by atoms with E-state index in [9.17, 15) is 39.6 Å². The number of aromatic hydroxyl groups is 1. The first-order chi connectivity index (χ1) is 23.0. The summed E-state index contributed by atoms with van der Waals surface area (Å²) < 4.78 is 5.52. The number of Topliss-reactive ketones (excluding diaryl/α,β-unsaturated/α-hetero) is 2.